The number of aliphatic hydroxyl groups is 1. The molecule has 1 heterocycles. The Kier molecular flexibility index (Phi) is 5.07. The standard InChI is InChI=1S/C10H18N2OS/c1-8(3-4-13)5-11-9(2)10-6-14-7-12-10/h6-9,11,13H,3-5H2,1-2H3. The molecular weight excluding hydrogens is 196 g/mol. The van der Waals surface area contributed by atoms with Crippen LogP contribution in [0.5, 0.6) is 0 Å². The first kappa shape index (κ1) is 11.6. The maximum Gasteiger partial charge on any atom is 0.0795 e. The monoisotopic (exact) mass is 214 g/mol. The summed E-state index contributed by atoms with van der Waals surface area (Å²) in [6, 6.07) is 0.308. The summed E-state index contributed by atoms with van der Waals surface area (Å²) in [5.41, 5.74) is 2.95. The second-order valence-corrected chi connectivity index (χ2v) is 4.38. The van der Waals surface area contributed by atoms with Gasteiger partial charge in [-0.05, 0) is 25.8 Å². The van der Waals surface area contributed by atoms with Crippen LogP contribution in [0.15, 0.2) is 10.9 Å². The van der Waals surface area contributed by atoms with Crippen LogP contribution >= 0.6 is 11.3 Å². The van der Waals surface area contributed by atoms with Crippen LogP contribution in [-0.4, -0.2) is 23.2 Å². The minimum atomic E-state index is 0.272. The van der Waals surface area contributed by atoms with E-state index in [0.717, 1.165) is 18.7 Å². The molecule has 0 fully saturated rings. The van der Waals surface area contributed by atoms with Gasteiger partial charge in [0.05, 0.1) is 11.2 Å². The third kappa shape index (κ3) is 3.74. The summed E-state index contributed by atoms with van der Waals surface area (Å²) in [5, 5.41) is 14.2. The van der Waals surface area contributed by atoms with Crippen LogP contribution < -0.4 is 5.32 Å². The van der Waals surface area contributed by atoms with Crippen LogP contribution in [-0.2, 0) is 0 Å². The topological polar surface area (TPSA) is 45.1 Å². The zero-order valence-corrected chi connectivity index (χ0v) is 9.55. The van der Waals surface area contributed by atoms with Gasteiger partial charge in [0.25, 0.3) is 0 Å². The van der Waals surface area contributed by atoms with Crippen molar-refractivity contribution < 1.29 is 5.11 Å². The fraction of sp³-hybridized carbons (Fsp3) is 0.700. The molecule has 0 aliphatic heterocycles. The van der Waals surface area contributed by atoms with Gasteiger partial charge in [-0.2, -0.15) is 0 Å². The Hall–Kier alpha value is -0.450. The van der Waals surface area contributed by atoms with Crippen LogP contribution in [0.25, 0.3) is 0 Å². The van der Waals surface area contributed by atoms with Gasteiger partial charge in [-0.15, -0.1) is 11.3 Å². The number of nitrogens with zero attached hydrogens (tertiary/aromatic N) is 1. The van der Waals surface area contributed by atoms with Gasteiger partial charge in [-0.25, -0.2) is 4.98 Å². The van der Waals surface area contributed by atoms with E-state index in [-0.39, 0.29) is 6.61 Å². The van der Waals surface area contributed by atoms with Gasteiger partial charge in [0.2, 0.25) is 0 Å². The molecule has 0 saturated heterocycles. The van der Waals surface area contributed by atoms with Gasteiger partial charge in [0.1, 0.15) is 0 Å². The van der Waals surface area contributed by atoms with Crippen LogP contribution in [0.1, 0.15) is 32.0 Å². The van der Waals surface area contributed by atoms with Gasteiger partial charge in [0.15, 0.2) is 0 Å². The molecule has 1 aromatic heterocycles. The van der Waals surface area contributed by atoms with E-state index in [1.165, 1.54) is 0 Å². The van der Waals surface area contributed by atoms with Crippen molar-refractivity contribution in [1.82, 2.24) is 10.3 Å². The largest absolute Gasteiger partial charge is 0.396 e. The molecule has 2 unspecified atom stereocenters. The van der Waals surface area contributed by atoms with Crippen molar-refractivity contribution in [2.45, 2.75) is 26.3 Å². The molecule has 14 heavy (non-hydrogen) atoms. The Bertz CT molecular complexity index is 238. The van der Waals surface area contributed by atoms with E-state index in [2.05, 4.69) is 29.5 Å². The molecular formula is C10H18N2OS. The van der Waals surface area contributed by atoms with Gasteiger partial charge >= 0.3 is 0 Å². The maximum absolute atomic E-state index is 8.75. The van der Waals surface area contributed by atoms with Crippen LogP contribution in [0.3, 0.4) is 0 Å². The highest BCUT2D eigenvalue weighted by Crippen LogP contribution is 2.12. The summed E-state index contributed by atoms with van der Waals surface area (Å²) in [6.45, 7) is 5.45. The third-order valence-electron chi connectivity index (χ3n) is 2.29. The second kappa shape index (κ2) is 6.11. The number of thiazole rings is 1. The molecule has 4 heteroatoms. The van der Waals surface area contributed by atoms with Crippen molar-refractivity contribution in [2.75, 3.05) is 13.2 Å². The van der Waals surface area contributed by atoms with Crippen molar-refractivity contribution in [3.63, 3.8) is 0 Å². The predicted molar refractivity (Wildman–Crippen MR) is 59.4 cm³/mol. The van der Waals surface area contributed by atoms with Gasteiger partial charge in [-0.3, -0.25) is 0 Å². The van der Waals surface area contributed by atoms with E-state index in [1.54, 1.807) is 11.3 Å². The maximum atomic E-state index is 8.75. The highest BCUT2D eigenvalue weighted by atomic mass is 32.1. The molecule has 2 atom stereocenters. The minimum absolute atomic E-state index is 0.272. The van der Waals surface area contributed by atoms with Gasteiger partial charge < -0.3 is 10.4 Å². The lowest BCUT2D eigenvalue weighted by atomic mass is 10.1. The summed E-state index contributed by atoms with van der Waals surface area (Å²) < 4.78 is 0. The summed E-state index contributed by atoms with van der Waals surface area (Å²) in [5.74, 6) is 0.515. The van der Waals surface area contributed by atoms with Crippen molar-refractivity contribution >= 4 is 11.3 Å². The van der Waals surface area contributed by atoms with E-state index < -0.39 is 0 Å². The minimum Gasteiger partial charge on any atom is -0.396 e. The van der Waals surface area contributed by atoms with Crippen molar-refractivity contribution in [3.05, 3.63) is 16.6 Å². The zero-order valence-electron chi connectivity index (χ0n) is 8.73. The fourth-order valence-electron chi connectivity index (χ4n) is 1.24. The normalized spacial score (nSPS) is 15.4. The molecule has 80 valence electrons. The summed E-state index contributed by atoms with van der Waals surface area (Å²) in [7, 11) is 0. The first-order valence-electron chi connectivity index (χ1n) is 4.96. The molecule has 1 rings (SSSR count). The number of aliphatic hydroxyl groups excluding tert-OH is 1. The Balaban J connectivity index is 2.24. The second-order valence-electron chi connectivity index (χ2n) is 3.66. The highest BCUT2D eigenvalue weighted by Gasteiger charge is 2.08. The van der Waals surface area contributed by atoms with Crippen molar-refractivity contribution in [3.8, 4) is 0 Å². The third-order valence-corrected chi connectivity index (χ3v) is 2.89. The molecule has 0 aromatic carbocycles. The molecule has 0 amide bonds. The quantitative estimate of drug-likeness (QED) is 0.759. The molecule has 1 aromatic rings. The molecule has 3 nitrogen and oxygen atoms in total. The Morgan fingerprint density at radius 3 is 2.93 bits per heavy atom. The number of hydrogen-bond acceptors (Lipinski definition) is 4. The van der Waals surface area contributed by atoms with Crippen LogP contribution in [0.2, 0.25) is 0 Å². The number of hydrogen-bond donors (Lipinski definition) is 2. The summed E-state index contributed by atoms with van der Waals surface area (Å²) in [4.78, 5) is 4.25. The van der Waals surface area contributed by atoms with Gasteiger partial charge in [-0.1, -0.05) is 6.92 Å². The summed E-state index contributed by atoms with van der Waals surface area (Å²) in [6.07, 6.45) is 0.858. The fourth-order valence-corrected chi connectivity index (χ4v) is 1.89. The highest BCUT2D eigenvalue weighted by molar-refractivity contribution is 7.07. The lowest BCUT2D eigenvalue weighted by Gasteiger charge is -2.15. The van der Waals surface area contributed by atoms with E-state index >= 15 is 0 Å². The lowest BCUT2D eigenvalue weighted by Crippen LogP contribution is -2.25. The zero-order chi connectivity index (χ0) is 10.4. The average molecular weight is 214 g/mol. The van der Waals surface area contributed by atoms with E-state index in [4.69, 9.17) is 5.11 Å². The first-order valence-corrected chi connectivity index (χ1v) is 5.90. The van der Waals surface area contributed by atoms with Crippen molar-refractivity contribution in [2.24, 2.45) is 5.92 Å². The van der Waals surface area contributed by atoms with Crippen molar-refractivity contribution in [1.29, 1.82) is 0 Å². The smallest absolute Gasteiger partial charge is 0.0795 e. The van der Waals surface area contributed by atoms with E-state index in [0.29, 0.717) is 12.0 Å². The number of nitrogens with one attached hydrogen (secondary N) is 1. The predicted octanol–water partition coefficient (Wildman–Crippen LogP) is 1.81. The van der Waals surface area contributed by atoms with Gasteiger partial charge in [0, 0.05) is 18.0 Å². The molecule has 0 aliphatic carbocycles. The molecule has 0 aliphatic rings. The SMILES string of the molecule is CC(CCO)CNC(C)c1cscn1. The Labute approximate surface area is 89.2 Å². The van der Waals surface area contributed by atoms with Crippen LogP contribution in [0, 0.1) is 5.92 Å². The first-order chi connectivity index (χ1) is 6.74. The van der Waals surface area contributed by atoms with Crippen LogP contribution in [0.4, 0.5) is 0 Å². The Morgan fingerprint density at radius 1 is 1.57 bits per heavy atom. The molecule has 0 saturated carbocycles. The summed E-state index contributed by atoms with van der Waals surface area (Å²) >= 11 is 1.62. The van der Waals surface area contributed by atoms with E-state index in [1.807, 2.05) is 5.51 Å². The van der Waals surface area contributed by atoms with E-state index in [9.17, 15) is 0 Å². The molecule has 0 radical (unpaired) electrons. The molecule has 2 N–H and O–H groups in total. The lowest BCUT2D eigenvalue weighted by molar-refractivity contribution is 0.258. The number of aromatic nitrogens is 1. The average Bonchev–Trinajstić information content (AvgIpc) is 2.67. The molecule has 0 bridgehead atoms. The number of rotatable bonds is 6. The Morgan fingerprint density at radius 2 is 2.36 bits per heavy atom. The molecule has 0 spiro atoms.